The molecule has 20 heavy (non-hydrogen) atoms. The number of esters is 1. The highest BCUT2D eigenvalue weighted by Crippen LogP contribution is 2.32. The normalized spacial score (nSPS) is 10.4. The van der Waals surface area contributed by atoms with E-state index in [0.29, 0.717) is 22.7 Å². The summed E-state index contributed by atoms with van der Waals surface area (Å²) in [5, 5.41) is 4.27. The van der Waals surface area contributed by atoms with Gasteiger partial charge in [0.1, 0.15) is 5.69 Å². The zero-order chi connectivity index (χ0) is 14.9. The molecule has 6 heteroatoms. The molecule has 0 aliphatic carbocycles. The Labute approximate surface area is 117 Å². The van der Waals surface area contributed by atoms with Gasteiger partial charge in [-0.3, -0.25) is 4.68 Å². The number of ether oxygens (including phenoxy) is 2. The summed E-state index contributed by atoms with van der Waals surface area (Å²) in [4.78, 5) is 11.4. The number of aromatic nitrogens is 2. The molecular formula is C14H17N3O3. The number of rotatable bonds is 3. The number of benzene rings is 1. The maximum atomic E-state index is 11.4. The number of hydrogen-bond acceptors (Lipinski definition) is 5. The van der Waals surface area contributed by atoms with Gasteiger partial charge in [-0.15, -0.1) is 0 Å². The lowest BCUT2D eigenvalue weighted by molar-refractivity contribution is 0.0601. The molecule has 0 aliphatic rings. The van der Waals surface area contributed by atoms with E-state index in [9.17, 15) is 4.79 Å². The summed E-state index contributed by atoms with van der Waals surface area (Å²) in [6.45, 7) is 3.77. The summed E-state index contributed by atoms with van der Waals surface area (Å²) >= 11 is 0. The van der Waals surface area contributed by atoms with Crippen LogP contribution in [0.5, 0.6) is 11.5 Å². The van der Waals surface area contributed by atoms with Crippen molar-refractivity contribution < 1.29 is 14.3 Å². The lowest BCUT2D eigenvalue weighted by atomic mass is 10.2. The van der Waals surface area contributed by atoms with Gasteiger partial charge >= 0.3 is 5.97 Å². The molecule has 0 unspecified atom stereocenters. The van der Waals surface area contributed by atoms with Crippen LogP contribution in [0.2, 0.25) is 0 Å². The summed E-state index contributed by atoms with van der Waals surface area (Å²) in [6.07, 6.45) is 0. The van der Waals surface area contributed by atoms with Crippen LogP contribution in [-0.2, 0) is 11.8 Å². The van der Waals surface area contributed by atoms with Crippen molar-refractivity contribution in [2.45, 2.75) is 13.8 Å². The molecule has 0 aliphatic heterocycles. The topological polar surface area (TPSA) is 79.4 Å². The molecule has 0 spiro atoms. The molecule has 2 aromatic rings. The second-order valence-corrected chi connectivity index (χ2v) is 4.47. The highest BCUT2D eigenvalue weighted by atomic mass is 16.5. The lowest BCUT2D eigenvalue weighted by Crippen LogP contribution is -2.03. The molecule has 0 saturated heterocycles. The Hall–Kier alpha value is -2.50. The van der Waals surface area contributed by atoms with Gasteiger partial charge in [0.25, 0.3) is 0 Å². The molecule has 0 atom stereocenters. The van der Waals surface area contributed by atoms with Crippen LogP contribution >= 0.6 is 0 Å². The summed E-state index contributed by atoms with van der Waals surface area (Å²) in [5.41, 5.74) is 8.35. The first-order valence-corrected chi connectivity index (χ1v) is 6.10. The minimum Gasteiger partial charge on any atom is -0.465 e. The average molecular weight is 275 g/mol. The van der Waals surface area contributed by atoms with Crippen LogP contribution < -0.4 is 10.5 Å². The van der Waals surface area contributed by atoms with Gasteiger partial charge in [-0.25, -0.2) is 4.79 Å². The summed E-state index contributed by atoms with van der Waals surface area (Å²) in [5.74, 6) is 0.721. The zero-order valence-electron chi connectivity index (χ0n) is 11.9. The number of nitrogens with zero attached hydrogens (tertiary/aromatic N) is 2. The number of carbonyl (C=O) groups is 1. The first kappa shape index (κ1) is 13.9. The quantitative estimate of drug-likeness (QED) is 0.686. The molecule has 0 radical (unpaired) electrons. The van der Waals surface area contributed by atoms with E-state index in [2.05, 4.69) is 9.84 Å². The van der Waals surface area contributed by atoms with Crippen LogP contribution in [0.3, 0.4) is 0 Å². The maximum absolute atomic E-state index is 11.4. The Morgan fingerprint density at radius 3 is 2.55 bits per heavy atom. The van der Waals surface area contributed by atoms with Crippen molar-refractivity contribution in [1.29, 1.82) is 0 Å². The van der Waals surface area contributed by atoms with Crippen LogP contribution in [0.15, 0.2) is 18.2 Å². The molecule has 6 nitrogen and oxygen atoms in total. The summed E-state index contributed by atoms with van der Waals surface area (Å²) < 4.78 is 12.2. The fourth-order valence-corrected chi connectivity index (χ4v) is 1.90. The number of aryl methyl sites for hydroxylation is 2. The molecule has 1 aromatic heterocycles. The molecule has 0 saturated carbocycles. The van der Waals surface area contributed by atoms with E-state index in [4.69, 9.17) is 10.5 Å². The lowest BCUT2D eigenvalue weighted by Gasteiger charge is -2.10. The minimum atomic E-state index is -0.433. The van der Waals surface area contributed by atoms with Crippen LogP contribution in [-0.4, -0.2) is 22.9 Å². The molecular weight excluding hydrogens is 258 g/mol. The van der Waals surface area contributed by atoms with Gasteiger partial charge in [0.2, 0.25) is 0 Å². The molecule has 2 N–H and O–H groups in total. The van der Waals surface area contributed by atoms with Crippen molar-refractivity contribution in [2.75, 3.05) is 12.8 Å². The van der Waals surface area contributed by atoms with E-state index >= 15 is 0 Å². The monoisotopic (exact) mass is 275 g/mol. The summed E-state index contributed by atoms with van der Waals surface area (Å²) in [7, 11) is 3.17. The molecule has 2 rings (SSSR count). The van der Waals surface area contributed by atoms with Crippen molar-refractivity contribution >= 4 is 11.7 Å². The Morgan fingerprint density at radius 2 is 2.05 bits per heavy atom. The number of nitrogen functional groups attached to an aromatic ring is 1. The van der Waals surface area contributed by atoms with E-state index in [1.165, 1.54) is 13.2 Å². The van der Waals surface area contributed by atoms with E-state index in [1.54, 1.807) is 16.8 Å². The van der Waals surface area contributed by atoms with Crippen LogP contribution in [0.25, 0.3) is 0 Å². The third-order valence-electron chi connectivity index (χ3n) is 3.09. The standard InChI is InChI=1S/C14H17N3O3/c1-8-13(9(2)17(3)16-8)20-12-6-5-10(7-11(12)15)14(18)19-4/h5-7H,15H2,1-4H3. The van der Waals surface area contributed by atoms with Gasteiger partial charge in [0.05, 0.1) is 24.1 Å². The highest BCUT2D eigenvalue weighted by Gasteiger charge is 2.14. The number of methoxy groups -OCH3 is 1. The number of carbonyl (C=O) groups excluding carboxylic acids is 1. The first-order valence-electron chi connectivity index (χ1n) is 6.10. The average Bonchev–Trinajstić information content (AvgIpc) is 2.66. The Kier molecular flexibility index (Phi) is 3.65. The third kappa shape index (κ3) is 2.45. The first-order chi connectivity index (χ1) is 9.43. The second kappa shape index (κ2) is 5.24. The predicted molar refractivity (Wildman–Crippen MR) is 74.9 cm³/mol. The van der Waals surface area contributed by atoms with Crippen molar-refractivity contribution in [1.82, 2.24) is 9.78 Å². The van der Waals surface area contributed by atoms with Gasteiger partial charge in [-0.2, -0.15) is 5.10 Å². The van der Waals surface area contributed by atoms with E-state index < -0.39 is 5.97 Å². The fraction of sp³-hybridized carbons (Fsp3) is 0.286. The third-order valence-corrected chi connectivity index (χ3v) is 3.09. The van der Waals surface area contributed by atoms with Crippen molar-refractivity contribution in [3.05, 3.63) is 35.2 Å². The van der Waals surface area contributed by atoms with Gasteiger partial charge in [0.15, 0.2) is 11.5 Å². The SMILES string of the molecule is COC(=O)c1ccc(Oc2c(C)nn(C)c2C)c(N)c1. The van der Waals surface area contributed by atoms with Crippen LogP contribution in [0.4, 0.5) is 5.69 Å². The smallest absolute Gasteiger partial charge is 0.337 e. The largest absolute Gasteiger partial charge is 0.465 e. The van der Waals surface area contributed by atoms with Crippen molar-refractivity contribution in [3.63, 3.8) is 0 Å². The highest BCUT2D eigenvalue weighted by molar-refractivity contribution is 5.90. The minimum absolute atomic E-state index is 0.371. The Morgan fingerprint density at radius 1 is 1.35 bits per heavy atom. The predicted octanol–water partition coefficient (Wildman–Crippen LogP) is 2.20. The van der Waals surface area contributed by atoms with E-state index in [0.717, 1.165) is 11.4 Å². The molecule has 1 aromatic carbocycles. The second-order valence-electron chi connectivity index (χ2n) is 4.47. The maximum Gasteiger partial charge on any atom is 0.337 e. The van der Waals surface area contributed by atoms with Gasteiger partial charge < -0.3 is 15.2 Å². The van der Waals surface area contributed by atoms with Crippen LogP contribution in [0.1, 0.15) is 21.7 Å². The molecule has 1 heterocycles. The summed E-state index contributed by atoms with van der Waals surface area (Å²) in [6, 6.07) is 4.79. The van der Waals surface area contributed by atoms with E-state index in [1.807, 2.05) is 20.9 Å². The number of anilines is 1. The van der Waals surface area contributed by atoms with Crippen LogP contribution in [0, 0.1) is 13.8 Å². The molecule has 0 fully saturated rings. The Bertz CT molecular complexity index is 662. The molecule has 0 bridgehead atoms. The number of nitrogens with two attached hydrogens (primary N) is 1. The van der Waals surface area contributed by atoms with Crippen molar-refractivity contribution in [3.8, 4) is 11.5 Å². The van der Waals surface area contributed by atoms with Gasteiger partial charge in [-0.1, -0.05) is 0 Å². The number of hydrogen-bond donors (Lipinski definition) is 1. The molecule has 106 valence electrons. The fourth-order valence-electron chi connectivity index (χ4n) is 1.90. The van der Waals surface area contributed by atoms with E-state index in [-0.39, 0.29) is 0 Å². The Balaban J connectivity index is 2.33. The van der Waals surface area contributed by atoms with Gasteiger partial charge in [-0.05, 0) is 32.0 Å². The zero-order valence-corrected chi connectivity index (χ0v) is 11.9. The molecule has 0 amide bonds. The van der Waals surface area contributed by atoms with Gasteiger partial charge in [0, 0.05) is 7.05 Å². The van der Waals surface area contributed by atoms with Crippen molar-refractivity contribution in [2.24, 2.45) is 7.05 Å².